The van der Waals surface area contributed by atoms with Gasteiger partial charge in [0.1, 0.15) is 0 Å². The lowest BCUT2D eigenvalue weighted by Crippen LogP contribution is -2.14. The summed E-state index contributed by atoms with van der Waals surface area (Å²) in [6.07, 6.45) is 1.27. The quantitative estimate of drug-likeness (QED) is 0.178. The first kappa shape index (κ1) is 14.2. The molecule has 0 radical (unpaired) electrons. The van der Waals surface area contributed by atoms with Gasteiger partial charge in [0.25, 0.3) is 0 Å². The fourth-order valence-electron chi connectivity index (χ4n) is 1.09. The SMILES string of the molecule is CC(CO)Sc1ncc(C(N)=NO)cc1[N+](=O)[O-]. The molecule has 0 aliphatic carbocycles. The first-order valence-corrected chi connectivity index (χ1v) is 5.77. The highest BCUT2D eigenvalue weighted by Gasteiger charge is 2.20. The minimum absolute atomic E-state index is 0.120. The molecule has 18 heavy (non-hydrogen) atoms. The molecule has 1 aromatic rings. The largest absolute Gasteiger partial charge is 0.409 e. The van der Waals surface area contributed by atoms with Gasteiger partial charge in [-0.25, -0.2) is 4.98 Å². The number of amidine groups is 1. The van der Waals surface area contributed by atoms with Crippen molar-refractivity contribution in [2.45, 2.75) is 17.2 Å². The topological polar surface area (TPSA) is 135 Å². The maximum Gasteiger partial charge on any atom is 0.302 e. The average Bonchev–Trinajstić information content (AvgIpc) is 2.37. The van der Waals surface area contributed by atoms with Gasteiger partial charge in [0, 0.05) is 23.1 Å². The standard InChI is InChI=1S/C9H12N4O4S/c1-5(4-14)18-9-7(13(16)17)2-6(3-11-9)8(10)12-15/h2-3,5,14-15H,4H2,1H3,(H2,10,12). The molecule has 9 heteroatoms. The minimum Gasteiger partial charge on any atom is -0.409 e. The van der Waals surface area contributed by atoms with Crippen LogP contribution in [0.4, 0.5) is 5.69 Å². The van der Waals surface area contributed by atoms with E-state index in [1.807, 2.05) is 0 Å². The highest BCUT2D eigenvalue weighted by Crippen LogP contribution is 2.30. The molecule has 1 unspecified atom stereocenters. The van der Waals surface area contributed by atoms with Gasteiger partial charge in [-0.15, -0.1) is 0 Å². The van der Waals surface area contributed by atoms with Crippen LogP contribution in [0.25, 0.3) is 0 Å². The molecule has 1 rings (SSSR count). The van der Waals surface area contributed by atoms with Gasteiger partial charge in [-0.1, -0.05) is 23.8 Å². The molecule has 0 spiro atoms. The van der Waals surface area contributed by atoms with Crippen LogP contribution < -0.4 is 5.73 Å². The van der Waals surface area contributed by atoms with E-state index in [1.165, 1.54) is 12.3 Å². The van der Waals surface area contributed by atoms with Crippen LogP contribution in [0.5, 0.6) is 0 Å². The number of pyridine rings is 1. The summed E-state index contributed by atoms with van der Waals surface area (Å²) in [7, 11) is 0. The zero-order chi connectivity index (χ0) is 13.7. The van der Waals surface area contributed by atoms with Gasteiger partial charge in [0.2, 0.25) is 0 Å². The summed E-state index contributed by atoms with van der Waals surface area (Å²) in [5.74, 6) is -0.252. The Labute approximate surface area is 107 Å². The molecule has 0 bridgehead atoms. The van der Waals surface area contributed by atoms with E-state index in [0.29, 0.717) is 0 Å². The number of thioether (sulfide) groups is 1. The van der Waals surface area contributed by atoms with Crippen LogP contribution in [0.3, 0.4) is 0 Å². The number of nitrogens with two attached hydrogens (primary N) is 1. The van der Waals surface area contributed by atoms with Crippen molar-refractivity contribution >= 4 is 23.3 Å². The van der Waals surface area contributed by atoms with E-state index < -0.39 is 4.92 Å². The van der Waals surface area contributed by atoms with Crippen molar-refractivity contribution in [3.05, 3.63) is 27.9 Å². The van der Waals surface area contributed by atoms with Gasteiger partial charge in [0.05, 0.1) is 11.5 Å². The number of oxime groups is 1. The molecule has 0 fully saturated rings. The molecule has 0 amide bonds. The Morgan fingerprint density at radius 1 is 1.78 bits per heavy atom. The Balaban J connectivity index is 3.16. The summed E-state index contributed by atoms with van der Waals surface area (Å²) in [6, 6.07) is 1.18. The van der Waals surface area contributed by atoms with Crippen molar-refractivity contribution < 1.29 is 15.2 Å². The highest BCUT2D eigenvalue weighted by molar-refractivity contribution is 8.00. The molecule has 1 heterocycles. The average molecular weight is 272 g/mol. The van der Waals surface area contributed by atoms with Crippen LogP contribution in [0.15, 0.2) is 22.4 Å². The summed E-state index contributed by atoms with van der Waals surface area (Å²) in [5.41, 5.74) is 5.24. The van der Waals surface area contributed by atoms with Crippen molar-refractivity contribution in [3.63, 3.8) is 0 Å². The van der Waals surface area contributed by atoms with Gasteiger partial charge in [0.15, 0.2) is 10.9 Å². The zero-order valence-electron chi connectivity index (χ0n) is 9.48. The van der Waals surface area contributed by atoms with E-state index in [4.69, 9.17) is 16.0 Å². The lowest BCUT2D eigenvalue weighted by atomic mass is 10.2. The summed E-state index contributed by atoms with van der Waals surface area (Å²) in [5, 5.41) is 31.0. The van der Waals surface area contributed by atoms with E-state index in [9.17, 15) is 10.1 Å². The van der Waals surface area contributed by atoms with Crippen LogP contribution in [-0.2, 0) is 0 Å². The molecule has 4 N–H and O–H groups in total. The summed E-state index contributed by atoms with van der Waals surface area (Å²) in [4.78, 5) is 14.2. The van der Waals surface area contributed by atoms with E-state index in [1.54, 1.807) is 6.92 Å². The van der Waals surface area contributed by atoms with Crippen molar-refractivity contribution in [1.82, 2.24) is 4.98 Å². The Hall–Kier alpha value is -1.87. The highest BCUT2D eigenvalue weighted by atomic mass is 32.2. The number of aromatic nitrogens is 1. The Kier molecular flexibility index (Phi) is 4.86. The third-order valence-electron chi connectivity index (χ3n) is 2.00. The van der Waals surface area contributed by atoms with E-state index in [-0.39, 0.29) is 34.0 Å². The second-order valence-electron chi connectivity index (χ2n) is 3.40. The monoisotopic (exact) mass is 272 g/mol. The van der Waals surface area contributed by atoms with Crippen molar-refractivity contribution in [1.29, 1.82) is 0 Å². The predicted octanol–water partition coefficient (Wildman–Crippen LogP) is 0.557. The number of rotatable bonds is 5. The van der Waals surface area contributed by atoms with Gasteiger partial charge in [-0.2, -0.15) is 0 Å². The molecule has 1 atom stereocenters. The molecule has 0 saturated carbocycles. The maximum atomic E-state index is 10.9. The fourth-order valence-corrected chi connectivity index (χ4v) is 1.91. The molecule has 0 aliphatic heterocycles. The molecule has 98 valence electrons. The lowest BCUT2D eigenvalue weighted by molar-refractivity contribution is -0.388. The summed E-state index contributed by atoms with van der Waals surface area (Å²) < 4.78 is 0. The van der Waals surface area contributed by atoms with Crippen molar-refractivity contribution in [2.24, 2.45) is 10.9 Å². The second-order valence-corrected chi connectivity index (χ2v) is 4.83. The van der Waals surface area contributed by atoms with Crippen LogP contribution in [0.2, 0.25) is 0 Å². The van der Waals surface area contributed by atoms with Gasteiger partial charge in [-0.3, -0.25) is 10.1 Å². The van der Waals surface area contributed by atoms with E-state index >= 15 is 0 Å². The summed E-state index contributed by atoms with van der Waals surface area (Å²) >= 11 is 1.08. The number of aliphatic hydroxyl groups is 1. The molecular formula is C9H12N4O4S. The maximum absolute atomic E-state index is 10.9. The van der Waals surface area contributed by atoms with Crippen LogP contribution >= 0.6 is 11.8 Å². The van der Waals surface area contributed by atoms with E-state index in [0.717, 1.165) is 11.8 Å². The van der Waals surface area contributed by atoms with Crippen LogP contribution in [0, 0.1) is 10.1 Å². The molecule has 1 aromatic heterocycles. The number of hydrogen-bond donors (Lipinski definition) is 3. The molecule has 8 nitrogen and oxygen atoms in total. The van der Waals surface area contributed by atoms with Gasteiger partial charge < -0.3 is 16.0 Å². The fraction of sp³-hybridized carbons (Fsp3) is 0.333. The minimum atomic E-state index is -0.604. The Morgan fingerprint density at radius 3 is 2.94 bits per heavy atom. The third kappa shape index (κ3) is 3.31. The normalized spacial score (nSPS) is 13.3. The molecule has 0 aliphatic rings. The number of hydrogen-bond acceptors (Lipinski definition) is 7. The molecular weight excluding hydrogens is 260 g/mol. The number of aliphatic hydroxyl groups excluding tert-OH is 1. The summed E-state index contributed by atoms with van der Waals surface area (Å²) in [6.45, 7) is 1.60. The van der Waals surface area contributed by atoms with Gasteiger partial charge >= 0.3 is 5.69 Å². The first-order valence-electron chi connectivity index (χ1n) is 4.89. The second kappa shape index (κ2) is 6.17. The predicted molar refractivity (Wildman–Crippen MR) is 65.8 cm³/mol. The van der Waals surface area contributed by atoms with Crippen molar-refractivity contribution in [3.8, 4) is 0 Å². The lowest BCUT2D eigenvalue weighted by Gasteiger charge is -2.07. The van der Waals surface area contributed by atoms with E-state index in [2.05, 4.69) is 10.1 Å². The molecule has 0 aromatic carbocycles. The zero-order valence-corrected chi connectivity index (χ0v) is 10.3. The Bertz CT molecular complexity index is 480. The number of nitrogens with zero attached hydrogens (tertiary/aromatic N) is 3. The third-order valence-corrected chi connectivity index (χ3v) is 3.09. The molecule has 0 saturated heterocycles. The van der Waals surface area contributed by atoms with Crippen LogP contribution in [0.1, 0.15) is 12.5 Å². The first-order chi connectivity index (χ1) is 8.49. The van der Waals surface area contributed by atoms with Gasteiger partial charge in [-0.05, 0) is 0 Å². The smallest absolute Gasteiger partial charge is 0.302 e. The Morgan fingerprint density at radius 2 is 2.44 bits per heavy atom. The number of nitro groups is 1. The van der Waals surface area contributed by atoms with Crippen molar-refractivity contribution in [2.75, 3.05) is 6.61 Å². The van der Waals surface area contributed by atoms with Crippen LogP contribution in [-0.4, -0.2) is 37.9 Å².